The monoisotopic (exact) mass is 385 g/mol. The number of hydrogen-bond acceptors (Lipinski definition) is 4. The van der Waals surface area contributed by atoms with Gasteiger partial charge in [0.1, 0.15) is 6.10 Å². The molecule has 0 aliphatic carbocycles. The molecule has 1 fully saturated rings. The Kier molecular flexibility index (Phi) is 7.45. The van der Waals surface area contributed by atoms with Gasteiger partial charge in [0.05, 0.1) is 32.6 Å². The summed E-state index contributed by atoms with van der Waals surface area (Å²) < 4.78 is 13.6. The largest absolute Gasteiger partial charge is 0.376 e. The predicted molar refractivity (Wildman–Crippen MR) is 110 cm³/mol. The summed E-state index contributed by atoms with van der Waals surface area (Å²) in [7, 11) is 3.75. The van der Waals surface area contributed by atoms with Crippen LogP contribution in [-0.4, -0.2) is 60.5 Å². The predicted octanol–water partition coefficient (Wildman–Crippen LogP) is 2.22. The van der Waals surface area contributed by atoms with E-state index in [0.717, 1.165) is 31.2 Å². The Morgan fingerprint density at radius 1 is 1.39 bits per heavy atom. The zero-order chi connectivity index (χ0) is 19.8. The summed E-state index contributed by atoms with van der Waals surface area (Å²) in [6.45, 7) is 6.63. The molecule has 0 amide bonds. The van der Waals surface area contributed by atoms with Crippen molar-refractivity contribution in [2.75, 3.05) is 39.9 Å². The molecule has 2 unspecified atom stereocenters. The summed E-state index contributed by atoms with van der Waals surface area (Å²) >= 11 is 0. The fraction of sp³-hybridized carbons (Fsp3) is 0.524. The minimum Gasteiger partial charge on any atom is -0.376 e. The summed E-state index contributed by atoms with van der Waals surface area (Å²) in [6.07, 6.45) is 3.90. The van der Waals surface area contributed by atoms with Gasteiger partial charge >= 0.3 is 0 Å². The Balaban J connectivity index is 1.43. The number of aromatic nitrogens is 2. The Morgan fingerprint density at radius 3 is 2.93 bits per heavy atom. The molecule has 7 nitrogen and oxygen atoms in total. The van der Waals surface area contributed by atoms with Gasteiger partial charge in [0.25, 0.3) is 0 Å². The van der Waals surface area contributed by atoms with Crippen molar-refractivity contribution in [1.82, 2.24) is 20.0 Å². The molecular weight excluding hydrogens is 354 g/mol. The molecule has 1 aromatic carbocycles. The third-order valence-electron chi connectivity index (χ3n) is 4.80. The second-order valence-corrected chi connectivity index (χ2v) is 7.29. The van der Waals surface area contributed by atoms with Crippen molar-refractivity contribution in [1.29, 1.82) is 0 Å². The maximum absolute atomic E-state index is 5.93. The fourth-order valence-corrected chi connectivity index (χ4v) is 3.26. The number of ether oxygens (including phenoxy) is 2. The fourth-order valence-electron chi connectivity index (χ4n) is 3.26. The van der Waals surface area contributed by atoms with Crippen LogP contribution >= 0.6 is 0 Å². The van der Waals surface area contributed by atoms with Crippen LogP contribution in [0.25, 0.3) is 0 Å². The smallest absolute Gasteiger partial charge is 0.193 e. The molecule has 1 aliphatic rings. The van der Waals surface area contributed by atoms with E-state index in [1.807, 2.05) is 49.4 Å². The van der Waals surface area contributed by atoms with Gasteiger partial charge in [-0.3, -0.25) is 9.67 Å². The van der Waals surface area contributed by atoms with E-state index in [4.69, 9.17) is 9.47 Å². The molecular formula is C21H31N5O2. The Hall–Kier alpha value is -2.38. The highest BCUT2D eigenvalue weighted by Gasteiger charge is 2.25. The van der Waals surface area contributed by atoms with E-state index in [2.05, 4.69) is 39.4 Å². The van der Waals surface area contributed by atoms with Gasteiger partial charge < -0.3 is 19.7 Å². The Morgan fingerprint density at radius 2 is 2.21 bits per heavy atom. The van der Waals surface area contributed by atoms with Crippen LogP contribution in [0.5, 0.6) is 0 Å². The Bertz CT molecular complexity index is 746. The van der Waals surface area contributed by atoms with Gasteiger partial charge in [-0.15, -0.1) is 0 Å². The van der Waals surface area contributed by atoms with Crippen molar-refractivity contribution in [2.45, 2.75) is 19.6 Å². The molecule has 28 heavy (non-hydrogen) atoms. The third-order valence-corrected chi connectivity index (χ3v) is 4.80. The first-order chi connectivity index (χ1) is 13.7. The molecule has 2 aromatic rings. The number of guanidine groups is 1. The minimum atomic E-state index is 0.0210. The van der Waals surface area contributed by atoms with Crippen LogP contribution in [0, 0.1) is 5.92 Å². The topological polar surface area (TPSA) is 63.9 Å². The molecule has 1 aromatic heterocycles. The van der Waals surface area contributed by atoms with Gasteiger partial charge in [-0.25, -0.2) is 0 Å². The van der Waals surface area contributed by atoms with Gasteiger partial charge in [-0.1, -0.05) is 37.3 Å². The molecule has 0 saturated carbocycles. The molecule has 1 aliphatic heterocycles. The number of hydrogen-bond donors (Lipinski definition) is 1. The van der Waals surface area contributed by atoms with Gasteiger partial charge in [-0.05, 0) is 11.5 Å². The molecule has 7 heteroatoms. The number of aryl methyl sites for hydroxylation is 1. The van der Waals surface area contributed by atoms with Gasteiger partial charge in [0.2, 0.25) is 0 Å². The van der Waals surface area contributed by atoms with Crippen molar-refractivity contribution in [2.24, 2.45) is 18.0 Å². The van der Waals surface area contributed by atoms with E-state index in [0.29, 0.717) is 25.7 Å². The number of nitrogens with one attached hydrogen (secondary N) is 1. The van der Waals surface area contributed by atoms with Crippen LogP contribution < -0.4 is 5.32 Å². The number of morpholine rings is 1. The summed E-state index contributed by atoms with van der Waals surface area (Å²) in [5, 5.41) is 7.73. The maximum Gasteiger partial charge on any atom is 0.193 e. The number of nitrogens with zero attached hydrogens (tertiary/aromatic N) is 4. The first-order valence-corrected chi connectivity index (χ1v) is 9.83. The molecule has 2 heterocycles. The molecule has 3 rings (SSSR count). The Labute approximate surface area is 167 Å². The van der Waals surface area contributed by atoms with Gasteiger partial charge in [0, 0.05) is 38.9 Å². The quantitative estimate of drug-likeness (QED) is 0.585. The van der Waals surface area contributed by atoms with E-state index in [1.165, 1.54) is 5.56 Å². The lowest BCUT2D eigenvalue weighted by Crippen LogP contribution is -2.49. The average Bonchev–Trinajstić information content (AvgIpc) is 3.16. The molecule has 1 N–H and O–H groups in total. The van der Waals surface area contributed by atoms with Crippen LogP contribution in [-0.2, 0) is 23.1 Å². The van der Waals surface area contributed by atoms with Crippen molar-refractivity contribution in [3.05, 3.63) is 53.9 Å². The second kappa shape index (κ2) is 10.2. The van der Waals surface area contributed by atoms with Crippen LogP contribution in [0.15, 0.2) is 47.7 Å². The van der Waals surface area contributed by atoms with Crippen LogP contribution in [0.1, 0.15) is 24.2 Å². The van der Waals surface area contributed by atoms with Gasteiger partial charge in [0.15, 0.2) is 5.96 Å². The second-order valence-electron chi connectivity index (χ2n) is 7.29. The maximum atomic E-state index is 5.93. The average molecular weight is 386 g/mol. The molecule has 2 atom stereocenters. The SMILES string of the molecule is CN=C(NCC(C)COCc1ccccc1)N1CCOC(c2cnn(C)c2)C1. The van der Waals surface area contributed by atoms with E-state index in [1.54, 1.807) is 0 Å². The summed E-state index contributed by atoms with van der Waals surface area (Å²) in [4.78, 5) is 6.71. The number of rotatable bonds is 7. The zero-order valence-corrected chi connectivity index (χ0v) is 17.0. The first kappa shape index (κ1) is 20.4. The van der Waals surface area contributed by atoms with Crippen molar-refractivity contribution in [3.63, 3.8) is 0 Å². The highest BCUT2D eigenvalue weighted by molar-refractivity contribution is 5.80. The molecule has 0 bridgehead atoms. The highest BCUT2D eigenvalue weighted by Crippen LogP contribution is 2.21. The molecule has 1 saturated heterocycles. The lowest BCUT2D eigenvalue weighted by molar-refractivity contribution is -0.00816. The van der Waals surface area contributed by atoms with E-state index in [-0.39, 0.29) is 6.10 Å². The van der Waals surface area contributed by atoms with Crippen molar-refractivity contribution < 1.29 is 9.47 Å². The normalized spacial score (nSPS) is 18.9. The van der Waals surface area contributed by atoms with Crippen LogP contribution in [0.4, 0.5) is 0 Å². The van der Waals surface area contributed by atoms with E-state index < -0.39 is 0 Å². The first-order valence-electron chi connectivity index (χ1n) is 9.83. The molecule has 0 spiro atoms. The van der Waals surface area contributed by atoms with E-state index in [9.17, 15) is 0 Å². The standard InChI is InChI=1S/C21H31N5O2/c1-17(15-27-16-18-7-5-4-6-8-18)11-23-21(22-2)26-9-10-28-20(14-26)19-12-24-25(3)13-19/h4-8,12-13,17,20H,9-11,14-16H2,1-3H3,(H,22,23). The van der Waals surface area contributed by atoms with Crippen LogP contribution in [0.3, 0.4) is 0 Å². The van der Waals surface area contributed by atoms with Crippen LogP contribution in [0.2, 0.25) is 0 Å². The number of benzene rings is 1. The number of aliphatic imine (C=N–C) groups is 1. The molecule has 152 valence electrons. The van der Waals surface area contributed by atoms with Crippen molar-refractivity contribution in [3.8, 4) is 0 Å². The highest BCUT2D eigenvalue weighted by atomic mass is 16.5. The third kappa shape index (κ3) is 5.81. The van der Waals surface area contributed by atoms with E-state index >= 15 is 0 Å². The lowest BCUT2D eigenvalue weighted by Gasteiger charge is -2.35. The minimum absolute atomic E-state index is 0.0210. The van der Waals surface area contributed by atoms with Gasteiger partial charge in [-0.2, -0.15) is 5.10 Å². The lowest BCUT2D eigenvalue weighted by atomic mass is 10.1. The summed E-state index contributed by atoms with van der Waals surface area (Å²) in [5.41, 5.74) is 2.30. The summed E-state index contributed by atoms with van der Waals surface area (Å²) in [6, 6.07) is 10.3. The van der Waals surface area contributed by atoms with Crippen molar-refractivity contribution >= 4 is 5.96 Å². The zero-order valence-electron chi connectivity index (χ0n) is 17.0. The molecule has 0 radical (unpaired) electrons. The summed E-state index contributed by atoms with van der Waals surface area (Å²) in [5.74, 6) is 1.29.